The van der Waals surface area contributed by atoms with Gasteiger partial charge in [-0.2, -0.15) is 12.6 Å². The number of phosphoric ester groups is 1. The van der Waals surface area contributed by atoms with Crippen LogP contribution >= 0.6 is 20.5 Å². The molecule has 10 N–H and O–H groups in total. The number of nitrogens with zero attached hydrogens (tertiary/aromatic N) is 2. The summed E-state index contributed by atoms with van der Waals surface area (Å²) in [7, 11) is -5.09. The Morgan fingerprint density at radius 3 is 2.21 bits per heavy atom. The first-order valence-electron chi connectivity index (χ1n) is 24.0. The Morgan fingerprint density at radius 1 is 0.901 bits per heavy atom. The van der Waals surface area contributed by atoms with Crippen LogP contribution in [0.1, 0.15) is 89.8 Å². The SMILES string of the molecule is CC(C)C[C@H](NC(=O)C1C[C@@H](OCCCCc2ccccc2)CN1C(=O)CCOCCOCCCC(=O)[C@@H](N)CS)C(=O)C[C@@H](Cc1cnc[nH]1)C(=O)N[C@@H](CO)C(=O)C[C@H](C(N)=O)[C@@H](C)OP(=O)(O)O. The zero-order chi connectivity index (χ0) is 52.5. The lowest BCUT2D eigenvalue weighted by Gasteiger charge is -2.28. The molecule has 4 amide bonds. The molecule has 8 atom stereocenters. The molecular weight excluding hydrogens is 966 g/mol. The Bertz CT molecular complexity index is 2030. The molecule has 1 aromatic carbocycles. The van der Waals surface area contributed by atoms with Gasteiger partial charge in [-0.1, -0.05) is 44.2 Å². The summed E-state index contributed by atoms with van der Waals surface area (Å²) in [6, 6.07) is 5.70. The number of aromatic nitrogens is 2. The number of imidazole rings is 1. The lowest BCUT2D eigenvalue weighted by molar-refractivity contribution is -0.140. The van der Waals surface area contributed by atoms with Crippen molar-refractivity contribution in [3.8, 4) is 0 Å². The summed E-state index contributed by atoms with van der Waals surface area (Å²) < 4.78 is 33.4. The van der Waals surface area contributed by atoms with Gasteiger partial charge in [-0.3, -0.25) is 38.1 Å². The van der Waals surface area contributed by atoms with Crippen LogP contribution in [-0.4, -0.2) is 159 Å². The zero-order valence-corrected chi connectivity index (χ0v) is 42.6. The smallest absolute Gasteiger partial charge is 0.394 e. The molecule has 1 unspecified atom stereocenters. The fourth-order valence-electron chi connectivity index (χ4n) is 8.01. The van der Waals surface area contributed by atoms with Crippen LogP contribution in [0.4, 0.5) is 0 Å². The van der Waals surface area contributed by atoms with Gasteiger partial charge in [0, 0.05) is 69.5 Å². The van der Waals surface area contributed by atoms with E-state index in [1.807, 2.05) is 32.0 Å². The maximum atomic E-state index is 14.3. The Balaban J connectivity index is 1.72. The molecule has 0 spiro atoms. The molecule has 2 heterocycles. The zero-order valence-electron chi connectivity index (χ0n) is 40.9. The van der Waals surface area contributed by atoms with Crippen molar-refractivity contribution in [2.45, 2.75) is 128 Å². The first-order valence-corrected chi connectivity index (χ1v) is 26.2. The Labute approximate surface area is 420 Å². The molecule has 1 fully saturated rings. The molecule has 22 nitrogen and oxygen atoms in total. The third-order valence-electron chi connectivity index (χ3n) is 11.9. The number of primary amides is 1. The van der Waals surface area contributed by atoms with Crippen molar-refractivity contribution in [3.05, 3.63) is 54.1 Å². The van der Waals surface area contributed by atoms with E-state index in [4.69, 9.17) is 25.7 Å². The number of nitrogens with two attached hydrogens (primary N) is 2. The van der Waals surface area contributed by atoms with Crippen LogP contribution in [0.15, 0.2) is 42.9 Å². The van der Waals surface area contributed by atoms with E-state index in [1.165, 1.54) is 23.0 Å². The average Bonchev–Trinajstić information content (AvgIpc) is 4.01. The van der Waals surface area contributed by atoms with Gasteiger partial charge in [0.15, 0.2) is 11.6 Å². The van der Waals surface area contributed by atoms with Crippen LogP contribution in [0.3, 0.4) is 0 Å². The summed E-state index contributed by atoms with van der Waals surface area (Å²) in [4.78, 5) is 120. The number of likely N-dealkylation sites (tertiary alicyclic amines) is 1. The molecule has 398 valence electrons. The molecule has 3 rings (SSSR count). The summed E-state index contributed by atoms with van der Waals surface area (Å²) in [5.74, 6) is -6.98. The summed E-state index contributed by atoms with van der Waals surface area (Å²) >= 11 is 4.04. The largest absolute Gasteiger partial charge is 0.469 e. The van der Waals surface area contributed by atoms with E-state index in [1.54, 1.807) is 0 Å². The fourth-order valence-corrected chi connectivity index (χ4v) is 8.79. The number of nitrogens with one attached hydrogen (secondary N) is 3. The van der Waals surface area contributed by atoms with Gasteiger partial charge in [-0.15, -0.1) is 0 Å². The number of ketones is 3. The molecule has 0 saturated carbocycles. The van der Waals surface area contributed by atoms with Crippen molar-refractivity contribution >= 4 is 61.4 Å². The van der Waals surface area contributed by atoms with Crippen molar-refractivity contribution in [1.29, 1.82) is 0 Å². The molecule has 0 radical (unpaired) electrons. The molecule has 1 aliphatic heterocycles. The summed E-state index contributed by atoms with van der Waals surface area (Å²) in [6.07, 6.45) is 3.08. The van der Waals surface area contributed by atoms with E-state index in [9.17, 15) is 53.0 Å². The maximum absolute atomic E-state index is 14.3. The number of hydrogen-bond acceptors (Lipinski definition) is 16. The minimum Gasteiger partial charge on any atom is -0.394 e. The molecule has 24 heteroatoms. The number of thiol groups is 1. The minimum absolute atomic E-state index is 0.0418. The van der Waals surface area contributed by atoms with E-state index in [0.717, 1.165) is 26.2 Å². The number of amides is 4. The number of Topliss-reactive ketones (excluding diaryl/α,β-unsaturated/α-hetero) is 3. The number of benzene rings is 1. The quantitative estimate of drug-likeness (QED) is 0.0260. The van der Waals surface area contributed by atoms with Crippen molar-refractivity contribution in [2.75, 3.05) is 51.9 Å². The van der Waals surface area contributed by atoms with Crippen LogP contribution in [0.5, 0.6) is 0 Å². The Kier molecular flexibility index (Phi) is 27.4. The number of carbonyl (C=O) groups is 7. The second-order valence-corrected chi connectivity index (χ2v) is 19.7. The summed E-state index contributed by atoms with van der Waals surface area (Å²) in [5, 5.41) is 15.5. The third-order valence-corrected chi connectivity index (χ3v) is 12.9. The predicted molar refractivity (Wildman–Crippen MR) is 262 cm³/mol. The normalized spacial score (nSPS) is 17.5. The van der Waals surface area contributed by atoms with Gasteiger partial charge in [-0.25, -0.2) is 9.55 Å². The number of carbonyl (C=O) groups excluding carboxylic acids is 7. The van der Waals surface area contributed by atoms with Gasteiger partial charge in [0.2, 0.25) is 23.6 Å². The number of aliphatic hydroxyl groups is 1. The molecule has 0 bridgehead atoms. The molecule has 1 aliphatic rings. The van der Waals surface area contributed by atoms with Gasteiger partial charge in [0.05, 0.1) is 75.3 Å². The molecule has 2 aromatic rings. The van der Waals surface area contributed by atoms with Crippen molar-refractivity contribution in [2.24, 2.45) is 29.2 Å². The van der Waals surface area contributed by atoms with E-state index >= 15 is 0 Å². The number of aromatic amines is 1. The first-order chi connectivity index (χ1) is 33.7. The van der Waals surface area contributed by atoms with Crippen LogP contribution in [0.2, 0.25) is 0 Å². The van der Waals surface area contributed by atoms with Crippen LogP contribution in [0, 0.1) is 17.8 Å². The standard InChI is InChI=1S/C47H74N7O15PS/c1-30(2)20-38(42(57)22-33(21-34-25-50-29-51-34)46(61)53-39(27-55)43(58)24-36(45(49)60)31(3)69-70(63,64)65)52-47(62)40-23-35(68-16-8-7-12-32-10-5-4-6-11-32)26-54(40)44(59)14-17-67-19-18-66-15-9-13-41(56)37(48)28-71/h4-6,10-11,25,29-31,33,35-40,55,71H,7-9,12-24,26-28,48H2,1-3H3,(H2,49,60)(H,50,51)(H,52,62)(H,53,61)(H2,63,64,65)/t31-,33-,35-,36+,37+,38+,39+,40?/m1/s1. The number of hydrogen-bond donors (Lipinski definition) is 9. The van der Waals surface area contributed by atoms with Gasteiger partial charge in [0.25, 0.3) is 0 Å². The summed E-state index contributed by atoms with van der Waals surface area (Å²) in [5.41, 5.74) is 12.8. The number of aliphatic hydroxyl groups excluding tert-OH is 1. The number of ether oxygens (including phenoxy) is 3. The Hall–Kier alpha value is -4.42. The number of unbranched alkanes of at least 4 members (excludes halogenated alkanes) is 1. The first kappa shape index (κ1) is 60.9. The number of phosphoric acid groups is 1. The fraction of sp³-hybridized carbons (Fsp3) is 0.660. The van der Waals surface area contributed by atoms with Crippen molar-refractivity contribution in [3.63, 3.8) is 0 Å². The lowest BCUT2D eigenvalue weighted by Crippen LogP contribution is -2.52. The van der Waals surface area contributed by atoms with Gasteiger partial charge in [-0.05, 0) is 50.5 Å². The number of rotatable bonds is 37. The molecule has 1 saturated heterocycles. The predicted octanol–water partition coefficient (Wildman–Crippen LogP) is 1.13. The number of aryl methyl sites for hydroxylation is 1. The number of H-pyrrole nitrogens is 1. The Morgan fingerprint density at radius 2 is 1.59 bits per heavy atom. The van der Waals surface area contributed by atoms with Gasteiger partial charge >= 0.3 is 7.82 Å². The van der Waals surface area contributed by atoms with Crippen LogP contribution < -0.4 is 22.1 Å². The third kappa shape index (κ3) is 22.9. The minimum atomic E-state index is -5.09. The topological polar surface area (TPSA) is 342 Å². The lowest BCUT2D eigenvalue weighted by atomic mass is 9.89. The molecule has 1 aromatic heterocycles. The molecule has 0 aliphatic carbocycles. The van der Waals surface area contributed by atoms with E-state index in [-0.39, 0.29) is 81.8 Å². The van der Waals surface area contributed by atoms with Crippen LogP contribution in [0.25, 0.3) is 0 Å². The van der Waals surface area contributed by atoms with Crippen molar-refractivity contribution < 1.29 is 71.8 Å². The highest BCUT2D eigenvalue weighted by atomic mass is 32.1. The maximum Gasteiger partial charge on any atom is 0.469 e. The second kappa shape index (κ2) is 31.9. The molecular formula is C47H74N7O15PS. The van der Waals surface area contributed by atoms with Crippen molar-refractivity contribution in [1.82, 2.24) is 25.5 Å². The highest BCUT2D eigenvalue weighted by Crippen LogP contribution is 2.39. The van der Waals surface area contributed by atoms with Gasteiger partial charge in [0.1, 0.15) is 17.9 Å². The van der Waals surface area contributed by atoms with E-state index < -0.39 is 105 Å². The summed E-state index contributed by atoms with van der Waals surface area (Å²) in [6.45, 7) is 5.23. The van der Waals surface area contributed by atoms with E-state index in [2.05, 4.69) is 49.9 Å². The molecule has 71 heavy (non-hydrogen) atoms. The highest BCUT2D eigenvalue weighted by molar-refractivity contribution is 7.80. The van der Waals surface area contributed by atoms with E-state index in [0.29, 0.717) is 25.3 Å². The van der Waals surface area contributed by atoms with Crippen LogP contribution in [-0.2, 0) is 69.7 Å². The average molecular weight is 1040 g/mol. The monoisotopic (exact) mass is 1040 g/mol. The highest BCUT2D eigenvalue weighted by Gasteiger charge is 2.42. The van der Waals surface area contributed by atoms with Gasteiger partial charge < -0.3 is 61.1 Å². The second-order valence-electron chi connectivity index (χ2n) is 18.1.